The number of nitrogens with zero attached hydrogens (tertiary/aromatic N) is 6. The van der Waals surface area contributed by atoms with Crippen molar-refractivity contribution >= 4 is 57.5 Å². The van der Waals surface area contributed by atoms with Gasteiger partial charge >= 0.3 is 6.18 Å². The van der Waals surface area contributed by atoms with Crippen molar-refractivity contribution in [2.75, 3.05) is 11.4 Å². The molecule has 0 spiro atoms. The van der Waals surface area contributed by atoms with Gasteiger partial charge in [-0.05, 0) is 41.8 Å². The number of anilines is 2. The average Bonchev–Trinajstić information content (AvgIpc) is 3.07. The molecule has 1 atom stereocenters. The zero-order valence-corrected chi connectivity index (χ0v) is 17.3. The molecule has 1 aromatic heterocycles. The molecule has 0 N–H and O–H groups in total. The van der Waals surface area contributed by atoms with Crippen LogP contribution in [-0.4, -0.2) is 22.3 Å². The Morgan fingerprint density at radius 3 is 2.53 bits per heavy atom. The third kappa shape index (κ3) is 3.52. The SMILES string of the molecule is [N-]=[N+]=NC(c1ccc(Cl)c2nc3n(c12)CCCN3c1ccc(Cl)cc1Cl)C(F)(F)F. The van der Waals surface area contributed by atoms with Gasteiger partial charge in [0.25, 0.3) is 0 Å². The van der Waals surface area contributed by atoms with Crippen molar-refractivity contribution in [2.45, 2.75) is 25.2 Å². The Labute approximate surface area is 183 Å². The minimum atomic E-state index is -4.77. The van der Waals surface area contributed by atoms with Crippen molar-refractivity contribution < 1.29 is 13.2 Å². The van der Waals surface area contributed by atoms with Crippen molar-refractivity contribution in [1.82, 2.24) is 9.55 Å². The van der Waals surface area contributed by atoms with Crippen LogP contribution in [0.5, 0.6) is 0 Å². The maximum Gasteiger partial charge on any atom is 0.401 e. The van der Waals surface area contributed by atoms with Crippen LogP contribution in [0.2, 0.25) is 15.1 Å². The van der Waals surface area contributed by atoms with Crippen LogP contribution in [0.3, 0.4) is 0 Å². The topological polar surface area (TPSA) is 69.8 Å². The summed E-state index contributed by atoms with van der Waals surface area (Å²) in [6.07, 6.45) is -4.15. The minimum absolute atomic E-state index is 0.182. The molecule has 3 aromatic rings. The third-order valence-corrected chi connectivity index (χ3v) is 5.68. The average molecular weight is 476 g/mol. The maximum absolute atomic E-state index is 13.6. The Balaban J connectivity index is 1.97. The lowest BCUT2D eigenvalue weighted by molar-refractivity contribution is -0.148. The lowest BCUT2D eigenvalue weighted by Crippen LogP contribution is -2.28. The molecule has 156 valence electrons. The highest BCUT2D eigenvalue weighted by atomic mass is 35.5. The number of hydrogen-bond acceptors (Lipinski definition) is 3. The summed E-state index contributed by atoms with van der Waals surface area (Å²) in [7, 11) is 0. The van der Waals surface area contributed by atoms with E-state index < -0.39 is 12.2 Å². The number of aromatic nitrogens is 2. The predicted molar refractivity (Wildman–Crippen MR) is 111 cm³/mol. The highest BCUT2D eigenvalue weighted by Gasteiger charge is 2.42. The Morgan fingerprint density at radius 2 is 1.87 bits per heavy atom. The van der Waals surface area contributed by atoms with E-state index in [2.05, 4.69) is 15.0 Å². The number of fused-ring (bicyclic) bond motifs is 3. The van der Waals surface area contributed by atoms with E-state index in [0.29, 0.717) is 41.2 Å². The number of hydrogen-bond donors (Lipinski definition) is 0. The van der Waals surface area contributed by atoms with Crippen molar-refractivity contribution in [3.63, 3.8) is 0 Å². The summed E-state index contributed by atoms with van der Waals surface area (Å²) in [6.45, 7) is 0.971. The fourth-order valence-corrected chi connectivity index (χ4v) is 4.34. The molecule has 2 aromatic carbocycles. The van der Waals surface area contributed by atoms with Crippen LogP contribution in [0.1, 0.15) is 18.0 Å². The first-order valence-corrected chi connectivity index (χ1v) is 9.88. The predicted octanol–water partition coefficient (Wildman–Crippen LogP) is 7.45. The molecule has 0 bridgehead atoms. The number of halogens is 6. The highest BCUT2D eigenvalue weighted by Crippen LogP contribution is 2.44. The number of imidazole rings is 1. The molecule has 1 aliphatic rings. The summed E-state index contributed by atoms with van der Waals surface area (Å²) < 4.78 is 42.5. The lowest BCUT2D eigenvalue weighted by atomic mass is 10.0. The van der Waals surface area contributed by atoms with Gasteiger partial charge in [-0.3, -0.25) is 0 Å². The number of aryl methyl sites for hydroxylation is 1. The van der Waals surface area contributed by atoms with Crippen molar-refractivity contribution in [3.8, 4) is 0 Å². The van der Waals surface area contributed by atoms with Gasteiger partial charge in [0.15, 0.2) is 6.04 Å². The Hall–Kier alpha value is -2.32. The molecule has 0 radical (unpaired) electrons. The number of alkyl halides is 3. The summed E-state index contributed by atoms with van der Waals surface area (Å²) in [5.74, 6) is 0.400. The number of benzene rings is 2. The summed E-state index contributed by atoms with van der Waals surface area (Å²) in [5.41, 5.74) is 9.49. The first-order valence-electron chi connectivity index (χ1n) is 8.74. The van der Waals surface area contributed by atoms with Crippen LogP contribution >= 0.6 is 34.8 Å². The van der Waals surface area contributed by atoms with Gasteiger partial charge < -0.3 is 9.47 Å². The van der Waals surface area contributed by atoms with Crippen LogP contribution in [0.25, 0.3) is 21.5 Å². The van der Waals surface area contributed by atoms with Gasteiger partial charge in [0.05, 0.1) is 21.2 Å². The van der Waals surface area contributed by atoms with Crippen molar-refractivity contribution in [2.24, 2.45) is 5.11 Å². The molecule has 1 aliphatic heterocycles. The normalized spacial score (nSPS) is 15.1. The van der Waals surface area contributed by atoms with Gasteiger partial charge in [-0.1, -0.05) is 46.0 Å². The molecule has 1 unspecified atom stereocenters. The third-order valence-electron chi connectivity index (χ3n) is 4.83. The molecular weight excluding hydrogens is 464 g/mol. The molecule has 6 nitrogen and oxygen atoms in total. The maximum atomic E-state index is 13.6. The van der Waals surface area contributed by atoms with Crippen LogP contribution in [0.15, 0.2) is 35.4 Å². The number of azide groups is 1. The largest absolute Gasteiger partial charge is 0.401 e. The smallest absolute Gasteiger partial charge is 0.310 e. The monoisotopic (exact) mass is 474 g/mol. The Bertz CT molecular complexity index is 1190. The van der Waals surface area contributed by atoms with E-state index >= 15 is 0 Å². The van der Waals surface area contributed by atoms with E-state index in [1.165, 1.54) is 12.1 Å². The van der Waals surface area contributed by atoms with E-state index in [0.717, 1.165) is 0 Å². The second-order valence-electron chi connectivity index (χ2n) is 6.65. The first kappa shape index (κ1) is 20.9. The van der Waals surface area contributed by atoms with Gasteiger partial charge in [0.2, 0.25) is 5.95 Å². The molecule has 4 rings (SSSR count). The van der Waals surface area contributed by atoms with E-state index in [1.807, 2.05) is 0 Å². The quantitative estimate of drug-likeness (QED) is 0.224. The zero-order valence-electron chi connectivity index (χ0n) is 15.0. The molecule has 2 heterocycles. The van der Waals surface area contributed by atoms with Crippen LogP contribution in [0.4, 0.5) is 24.8 Å². The molecule has 0 saturated carbocycles. The van der Waals surface area contributed by atoms with Gasteiger partial charge in [-0.15, -0.1) is 0 Å². The molecule has 0 fully saturated rings. The molecule has 30 heavy (non-hydrogen) atoms. The van der Waals surface area contributed by atoms with E-state index in [9.17, 15) is 13.2 Å². The van der Waals surface area contributed by atoms with Crippen LogP contribution in [-0.2, 0) is 6.54 Å². The van der Waals surface area contributed by atoms with E-state index in [-0.39, 0.29) is 21.6 Å². The van der Waals surface area contributed by atoms with Crippen LogP contribution in [0, 0.1) is 0 Å². The van der Waals surface area contributed by atoms with Gasteiger partial charge in [-0.25, -0.2) is 4.98 Å². The Morgan fingerprint density at radius 1 is 1.10 bits per heavy atom. The molecular formula is C18H12Cl3F3N6. The Kier molecular flexibility index (Phi) is 5.40. The first-order chi connectivity index (χ1) is 14.2. The van der Waals surface area contributed by atoms with Gasteiger partial charge in [0.1, 0.15) is 5.52 Å². The zero-order chi connectivity index (χ0) is 21.6. The fourth-order valence-electron chi connectivity index (χ4n) is 3.63. The van der Waals surface area contributed by atoms with Crippen LogP contribution < -0.4 is 4.90 Å². The second-order valence-corrected chi connectivity index (χ2v) is 7.90. The lowest BCUT2D eigenvalue weighted by Gasteiger charge is -2.30. The molecule has 0 amide bonds. The van der Waals surface area contributed by atoms with Gasteiger partial charge in [0, 0.05) is 23.0 Å². The van der Waals surface area contributed by atoms with Gasteiger partial charge in [-0.2, -0.15) is 13.2 Å². The highest BCUT2D eigenvalue weighted by molar-refractivity contribution is 6.36. The fraction of sp³-hybridized carbons (Fsp3) is 0.278. The number of rotatable bonds is 3. The summed E-state index contributed by atoms with van der Waals surface area (Å²) in [6, 6.07) is 5.16. The molecule has 0 saturated heterocycles. The summed E-state index contributed by atoms with van der Waals surface area (Å²) in [5, 5.41) is 4.04. The molecule has 12 heteroatoms. The summed E-state index contributed by atoms with van der Waals surface area (Å²) in [4.78, 5) is 8.72. The van der Waals surface area contributed by atoms with E-state index in [4.69, 9.17) is 40.3 Å². The molecule has 0 aliphatic carbocycles. The second kappa shape index (κ2) is 7.74. The summed E-state index contributed by atoms with van der Waals surface area (Å²) >= 11 is 18.6. The van der Waals surface area contributed by atoms with Crippen molar-refractivity contribution in [1.29, 1.82) is 0 Å². The standard InChI is InChI=1S/C18H12Cl3F3N6/c19-9-2-5-13(12(21)8-9)29-6-1-7-30-15-10(16(27-28-25)18(22,23)24)3-4-11(20)14(15)26-17(29)30/h2-5,8,16H,1,6-7H2. The van der Waals surface area contributed by atoms with Crippen molar-refractivity contribution in [3.05, 3.63) is 61.4 Å². The minimum Gasteiger partial charge on any atom is -0.310 e. The van der Waals surface area contributed by atoms with E-state index in [1.54, 1.807) is 27.7 Å².